The molecule has 6 heteroatoms. The van der Waals surface area contributed by atoms with E-state index in [4.69, 9.17) is 4.65 Å². The van der Waals surface area contributed by atoms with Gasteiger partial charge in [0.2, 0.25) is 0 Å². The zero-order chi connectivity index (χ0) is 6.12. The molecule has 1 saturated heterocycles. The molecule has 0 bridgehead atoms. The molecule has 1 aliphatic heterocycles. The summed E-state index contributed by atoms with van der Waals surface area (Å²) in [7, 11) is 4.57. The topological polar surface area (TPSA) is 95.4 Å². The van der Waals surface area contributed by atoms with Crippen molar-refractivity contribution in [2.45, 2.75) is 0 Å². The summed E-state index contributed by atoms with van der Waals surface area (Å²) in [4.78, 5) is 0. The van der Waals surface area contributed by atoms with Crippen molar-refractivity contribution in [1.82, 2.24) is 0 Å². The van der Waals surface area contributed by atoms with Gasteiger partial charge in [0.1, 0.15) is 0 Å². The normalized spacial score (nSPS) is 8.78. The third-order valence-corrected chi connectivity index (χ3v) is 0.167. The quantitative estimate of drug-likeness (QED) is 0.236. The van der Waals surface area contributed by atoms with E-state index < -0.39 is 0 Å². The fraction of sp³-hybridized carbons (Fsp3) is 0.333. The predicted molar refractivity (Wildman–Crippen MR) is 27.3 cm³/mol. The van der Waals surface area contributed by atoms with E-state index in [1.807, 2.05) is 17.3 Å². The van der Waals surface area contributed by atoms with Crippen LogP contribution in [0.15, 0.2) is 0 Å². The van der Waals surface area contributed by atoms with E-state index in [1.54, 1.807) is 6.61 Å². The van der Waals surface area contributed by atoms with Crippen LogP contribution in [0.25, 0.3) is 0 Å². The van der Waals surface area contributed by atoms with Crippen LogP contribution in [0.3, 0.4) is 0 Å². The van der Waals surface area contributed by atoms with Crippen molar-refractivity contribution < 1.29 is 37.7 Å². The summed E-state index contributed by atoms with van der Waals surface area (Å²) in [5, 5.41) is 0. The molecule has 0 aromatic heterocycles. The first kappa shape index (κ1) is 22.7. The van der Waals surface area contributed by atoms with Gasteiger partial charge in [-0.15, -0.1) is 0 Å². The summed E-state index contributed by atoms with van der Waals surface area (Å²) < 4.78 is 11.9. The number of hydrogen-bond donors (Lipinski definition) is 0. The Hall–Kier alpha value is 0.533. The first-order valence-corrected chi connectivity index (χ1v) is 3.51. The second-order valence-corrected chi connectivity index (χ2v) is 0.500. The van der Waals surface area contributed by atoms with Gasteiger partial charge in [-0.1, -0.05) is 6.61 Å². The fourth-order valence-electron chi connectivity index (χ4n) is 0. The number of rotatable bonds is 0. The van der Waals surface area contributed by atoms with Crippen LogP contribution in [0.2, 0.25) is 0 Å². The zero-order valence-electron chi connectivity index (χ0n) is 4.33. The van der Waals surface area contributed by atoms with Gasteiger partial charge in [0.05, 0.1) is 0 Å². The maximum atomic E-state index is 7.50. The number of ether oxygens (including phenoxy) is 1. The summed E-state index contributed by atoms with van der Waals surface area (Å²) in [6, 6.07) is 0. The predicted octanol–water partition coefficient (Wildman–Crippen LogP) is -0.822. The van der Waals surface area contributed by atoms with Gasteiger partial charge in [0.15, 0.2) is 0 Å². The molecule has 1 rings (SSSR count). The van der Waals surface area contributed by atoms with Gasteiger partial charge in [-0.2, -0.15) is 6.61 Å². The second-order valence-electron chi connectivity index (χ2n) is 0.500. The zero-order valence-corrected chi connectivity index (χ0v) is 6.83. The van der Waals surface area contributed by atoms with Gasteiger partial charge in [-0.05, 0) is 0 Å². The molecule has 1 fully saturated rings. The van der Waals surface area contributed by atoms with Crippen LogP contribution in [0.5, 0.6) is 0 Å². The van der Waals surface area contributed by atoms with Crippen molar-refractivity contribution in [3.63, 3.8) is 0 Å². The maximum absolute atomic E-state index is 7.50. The molecular formula is C3H7ClO4Ru+. The SMILES string of the molecule is O.O.[C-]#[O+].[CH-]1CO1.[Cl][Ru+2]. The van der Waals surface area contributed by atoms with E-state index in [0.29, 0.717) is 0 Å². The fourth-order valence-corrected chi connectivity index (χ4v) is 0. The minimum atomic E-state index is 0. The average Bonchev–Trinajstić information content (AvgIpc) is 2.58. The monoisotopic (exact) mass is 244 g/mol. The summed E-state index contributed by atoms with van der Waals surface area (Å²) in [6.45, 7) is 7.12. The summed E-state index contributed by atoms with van der Waals surface area (Å²) >= 11 is 1.82. The van der Waals surface area contributed by atoms with E-state index in [0.717, 1.165) is 6.61 Å². The van der Waals surface area contributed by atoms with Crippen LogP contribution in [0, 0.1) is 13.3 Å². The van der Waals surface area contributed by atoms with Crippen molar-refractivity contribution >= 4 is 9.69 Å². The standard InChI is InChI=1S/C2H3O.CO.ClH.2H2O.Ru/c1-2-3-1;1-2;;;;/h1H,2H2;;1H;2*1H2;/q-1;;;;;+3/p-1. The van der Waals surface area contributed by atoms with Crippen LogP contribution < -0.4 is 0 Å². The molecule has 9 heavy (non-hydrogen) atoms. The van der Waals surface area contributed by atoms with Crippen molar-refractivity contribution in [3.05, 3.63) is 13.3 Å². The Labute approximate surface area is 67.6 Å². The molecule has 1 aliphatic rings. The third kappa shape index (κ3) is 155. The van der Waals surface area contributed by atoms with Crippen molar-refractivity contribution in [1.29, 1.82) is 0 Å². The Morgan fingerprint density at radius 2 is 1.56 bits per heavy atom. The molecule has 0 unspecified atom stereocenters. The van der Waals surface area contributed by atoms with Crippen molar-refractivity contribution in [2.75, 3.05) is 6.61 Å². The van der Waals surface area contributed by atoms with Gasteiger partial charge in [-0.3, -0.25) is 0 Å². The molecule has 4 nitrogen and oxygen atoms in total. The first-order valence-electron chi connectivity index (χ1n) is 1.27. The second kappa shape index (κ2) is 38.8. The number of halogens is 1. The number of hydrogen-bond acceptors (Lipinski definition) is 1. The Bertz CT molecular complexity index is 37.3. The molecule has 0 atom stereocenters. The van der Waals surface area contributed by atoms with Crippen molar-refractivity contribution in [3.8, 4) is 0 Å². The van der Waals surface area contributed by atoms with Gasteiger partial charge in [0, 0.05) is 0 Å². The van der Waals surface area contributed by atoms with Crippen LogP contribution in [0.1, 0.15) is 0 Å². The van der Waals surface area contributed by atoms with Gasteiger partial charge in [0.25, 0.3) is 0 Å². The molecule has 1 heterocycles. The molecule has 0 amide bonds. The van der Waals surface area contributed by atoms with Crippen LogP contribution >= 0.6 is 9.69 Å². The van der Waals surface area contributed by atoms with Crippen LogP contribution in [-0.4, -0.2) is 17.6 Å². The molecule has 57 valence electrons. The Morgan fingerprint density at radius 1 is 1.44 bits per heavy atom. The van der Waals surface area contributed by atoms with E-state index in [2.05, 4.69) is 21.1 Å². The summed E-state index contributed by atoms with van der Waals surface area (Å²) in [5.41, 5.74) is 0. The summed E-state index contributed by atoms with van der Waals surface area (Å²) in [5.74, 6) is 0. The molecule has 0 saturated carbocycles. The van der Waals surface area contributed by atoms with Crippen LogP contribution in [0.4, 0.5) is 0 Å². The molecule has 0 spiro atoms. The first-order chi connectivity index (χ1) is 3.50. The van der Waals surface area contributed by atoms with E-state index >= 15 is 0 Å². The van der Waals surface area contributed by atoms with Crippen molar-refractivity contribution in [2.24, 2.45) is 0 Å². The Balaban J connectivity index is -0.0000000196. The molecule has 0 aromatic carbocycles. The van der Waals surface area contributed by atoms with Gasteiger partial charge < -0.3 is 15.7 Å². The minimum absolute atomic E-state index is 0. The average molecular weight is 244 g/mol. The molecule has 0 aromatic rings. The Morgan fingerprint density at radius 3 is 1.56 bits per heavy atom. The molecular weight excluding hydrogens is 237 g/mol. The van der Waals surface area contributed by atoms with Gasteiger partial charge in [-0.25, -0.2) is 0 Å². The van der Waals surface area contributed by atoms with Gasteiger partial charge >= 0.3 is 38.3 Å². The molecule has 0 aliphatic carbocycles. The van der Waals surface area contributed by atoms with E-state index in [-0.39, 0.29) is 11.0 Å². The molecule has 4 N–H and O–H groups in total. The number of epoxide rings is 1. The third-order valence-electron chi connectivity index (χ3n) is 0.167. The summed E-state index contributed by atoms with van der Waals surface area (Å²) in [6.07, 6.45) is 0. The molecule has 0 radical (unpaired) electrons. The Kier molecular flexibility index (Phi) is 97.7. The van der Waals surface area contributed by atoms with Crippen LogP contribution in [-0.2, 0) is 26.7 Å². The van der Waals surface area contributed by atoms with E-state index in [1.165, 1.54) is 0 Å². The van der Waals surface area contributed by atoms with E-state index in [9.17, 15) is 0 Å².